The van der Waals surface area contributed by atoms with Crippen molar-refractivity contribution in [1.82, 2.24) is 0 Å². The van der Waals surface area contributed by atoms with Gasteiger partial charge in [-0.2, -0.15) is 0 Å². The Kier molecular flexibility index (Phi) is 3.39. The Hall–Kier alpha value is -2.69. The maximum atomic E-state index is 13.5. The van der Waals surface area contributed by atoms with Crippen LogP contribution in [-0.4, -0.2) is 0 Å². The number of hydrogen-bond donors (Lipinski definition) is 0. The summed E-state index contributed by atoms with van der Waals surface area (Å²) in [7, 11) is 0. The van der Waals surface area contributed by atoms with Gasteiger partial charge >= 0.3 is 5.63 Å². The van der Waals surface area contributed by atoms with Crippen LogP contribution in [0.3, 0.4) is 0 Å². The fourth-order valence-electron chi connectivity index (χ4n) is 1.95. The van der Waals surface area contributed by atoms with Gasteiger partial charge in [0.05, 0.1) is 0 Å². The summed E-state index contributed by atoms with van der Waals surface area (Å²) in [5.41, 5.74) is 0.0279. The van der Waals surface area contributed by atoms with Crippen LogP contribution in [0.15, 0.2) is 57.7 Å². The van der Waals surface area contributed by atoms with Crippen LogP contribution in [0.4, 0.5) is 8.78 Å². The van der Waals surface area contributed by atoms with Crippen LogP contribution in [0, 0.1) is 11.6 Å². The average Bonchev–Trinajstić information content (AvgIpc) is 2.48. The van der Waals surface area contributed by atoms with Crippen LogP contribution >= 0.6 is 0 Å². The fourth-order valence-corrected chi connectivity index (χ4v) is 1.95. The van der Waals surface area contributed by atoms with Gasteiger partial charge in [0.1, 0.15) is 17.9 Å². The molecule has 3 aromatic rings. The third-order valence-electron chi connectivity index (χ3n) is 3.02. The Morgan fingerprint density at radius 3 is 2.71 bits per heavy atom. The van der Waals surface area contributed by atoms with E-state index in [1.54, 1.807) is 18.2 Å². The second-order valence-electron chi connectivity index (χ2n) is 4.46. The first-order valence-corrected chi connectivity index (χ1v) is 6.23. The highest BCUT2D eigenvalue weighted by Gasteiger charge is 2.08. The van der Waals surface area contributed by atoms with E-state index in [-0.39, 0.29) is 12.2 Å². The summed E-state index contributed by atoms with van der Waals surface area (Å²) >= 11 is 0. The normalized spacial score (nSPS) is 10.8. The van der Waals surface area contributed by atoms with Gasteiger partial charge in [-0.25, -0.2) is 13.6 Å². The lowest BCUT2D eigenvalue weighted by atomic mass is 10.2. The summed E-state index contributed by atoms with van der Waals surface area (Å²) in [5.74, 6) is -1.44. The van der Waals surface area contributed by atoms with Crippen molar-refractivity contribution < 1.29 is 17.9 Å². The van der Waals surface area contributed by atoms with Crippen LogP contribution in [0.25, 0.3) is 11.0 Å². The van der Waals surface area contributed by atoms with E-state index in [0.717, 1.165) is 11.5 Å². The number of rotatable bonds is 3. The molecule has 0 fully saturated rings. The zero-order chi connectivity index (χ0) is 14.8. The summed E-state index contributed by atoms with van der Waals surface area (Å²) in [5, 5.41) is 0.749. The molecule has 21 heavy (non-hydrogen) atoms. The number of hydrogen-bond acceptors (Lipinski definition) is 3. The molecule has 0 saturated carbocycles. The lowest BCUT2D eigenvalue weighted by molar-refractivity contribution is 0.297. The molecule has 0 bridgehead atoms. The van der Waals surface area contributed by atoms with Gasteiger partial charge in [-0.15, -0.1) is 0 Å². The molecule has 3 nitrogen and oxygen atoms in total. The van der Waals surface area contributed by atoms with Crippen molar-refractivity contribution >= 4 is 11.0 Å². The third-order valence-corrected chi connectivity index (χ3v) is 3.02. The largest absolute Gasteiger partial charge is 0.489 e. The smallest absolute Gasteiger partial charge is 0.336 e. The summed E-state index contributed by atoms with van der Waals surface area (Å²) in [6.07, 6.45) is 0. The molecule has 0 saturated heterocycles. The zero-order valence-electron chi connectivity index (χ0n) is 10.8. The van der Waals surface area contributed by atoms with Crippen LogP contribution in [-0.2, 0) is 6.61 Å². The monoisotopic (exact) mass is 288 g/mol. The fraction of sp³-hybridized carbons (Fsp3) is 0.0625. The van der Waals surface area contributed by atoms with Gasteiger partial charge in [0, 0.05) is 23.1 Å². The number of benzene rings is 2. The lowest BCUT2D eigenvalue weighted by Gasteiger charge is -2.08. The molecule has 0 aliphatic heterocycles. The first kappa shape index (κ1) is 13.3. The zero-order valence-corrected chi connectivity index (χ0v) is 10.8. The predicted octanol–water partition coefficient (Wildman–Crippen LogP) is 3.65. The molecule has 0 amide bonds. The topological polar surface area (TPSA) is 39.4 Å². The number of halogens is 2. The molecule has 0 radical (unpaired) electrons. The van der Waals surface area contributed by atoms with Gasteiger partial charge in [0.25, 0.3) is 0 Å². The Morgan fingerprint density at radius 1 is 1.05 bits per heavy atom. The summed E-state index contributed by atoms with van der Waals surface area (Å²) in [6.45, 7) is -0.119. The second kappa shape index (κ2) is 5.36. The first-order valence-electron chi connectivity index (χ1n) is 6.23. The molecule has 0 aliphatic rings. The maximum Gasteiger partial charge on any atom is 0.336 e. The van der Waals surface area contributed by atoms with Gasteiger partial charge in [-0.1, -0.05) is 12.1 Å². The van der Waals surface area contributed by atoms with Crippen LogP contribution in [0.5, 0.6) is 5.75 Å². The van der Waals surface area contributed by atoms with Crippen molar-refractivity contribution in [3.05, 3.63) is 76.1 Å². The van der Waals surface area contributed by atoms with E-state index in [0.29, 0.717) is 11.3 Å². The van der Waals surface area contributed by atoms with Gasteiger partial charge in [0.15, 0.2) is 11.6 Å². The molecule has 1 aromatic heterocycles. The van der Waals surface area contributed by atoms with Gasteiger partial charge in [-0.3, -0.25) is 0 Å². The van der Waals surface area contributed by atoms with E-state index in [2.05, 4.69) is 0 Å². The van der Waals surface area contributed by atoms with Crippen molar-refractivity contribution in [2.24, 2.45) is 0 Å². The Morgan fingerprint density at radius 2 is 1.86 bits per heavy atom. The van der Waals surface area contributed by atoms with Gasteiger partial charge in [0.2, 0.25) is 0 Å². The van der Waals surface area contributed by atoms with Crippen molar-refractivity contribution in [2.45, 2.75) is 6.61 Å². The third kappa shape index (κ3) is 2.76. The molecule has 0 N–H and O–H groups in total. The maximum absolute atomic E-state index is 13.5. The van der Waals surface area contributed by atoms with E-state index in [1.807, 2.05) is 0 Å². The van der Waals surface area contributed by atoms with E-state index < -0.39 is 17.3 Å². The molecular formula is C16H10F2O3. The van der Waals surface area contributed by atoms with Crippen LogP contribution < -0.4 is 10.4 Å². The average molecular weight is 288 g/mol. The number of fused-ring (bicyclic) bond motifs is 1. The highest BCUT2D eigenvalue weighted by molar-refractivity contribution is 5.77. The summed E-state index contributed by atoms with van der Waals surface area (Å²) in [4.78, 5) is 11.2. The van der Waals surface area contributed by atoms with Gasteiger partial charge in [-0.05, 0) is 24.3 Å². The minimum absolute atomic E-state index is 0.115. The lowest BCUT2D eigenvalue weighted by Crippen LogP contribution is -2.00. The highest BCUT2D eigenvalue weighted by atomic mass is 19.2. The second-order valence-corrected chi connectivity index (χ2v) is 4.46. The van der Waals surface area contributed by atoms with Crippen molar-refractivity contribution in [1.29, 1.82) is 0 Å². The molecule has 106 valence electrons. The molecule has 0 atom stereocenters. The summed E-state index contributed by atoms with van der Waals surface area (Å²) in [6, 6.07) is 11.8. The molecule has 5 heteroatoms. The van der Waals surface area contributed by atoms with E-state index in [1.165, 1.54) is 24.3 Å². The molecule has 3 rings (SSSR count). The Balaban J connectivity index is 1.85. The van der Waals surface area contributed by atoms with E-state index >= 15 is 0 Å². The molecular weight excluding hydrogens is 278 g/mol. The SMILES string of the molecule is O=c1ccc2ccc(OCc3cccc(F)c3F)cc2o1. The summed E-state index contributed by atoms with van der Waals surface area (Å²) < 4.78 is 37.0. The standard InChI is InChI=1S/C16H10F2O3/c17-13-3-1-2-11(16(13)18)9-20-12-6-4-10-5-7-15(19)21-14(10)8-12/h1-8H,9H2. The van der Waals surface area contributed by atoms with E-state index in [9.17, 15) is 13.6 Å². The minimum Gasteiger partial charge on any atom is -0.489 e. The molecule has 0 unspecified atom stereocenters. The van der Waals surface area contributed by atoms with Crippen LogP contribution in [0.2, 0.25) is 0 Å². The Bertz CT molecular complexity index is 856. The van der Waals surface area contributed by atoms with Crippen molar-refractivity contribution in [3.8, 4) is 5.75 Å². The molecule has 1 heterocycles. The molecule has 0 spiro atoms. The molecule has 0 aliphatic carbocycles. The predicted molar refractivity (Wildman–Crippen MR) is 73.2 cm³/mol. The first-order chi connectivity index (χ1) is 10.1. The van der Waals surface area contributed by atoms with Crippen molar-refractivity contribution in [2.75, 3.05) is 0 Å². The highest BCUT2D eigenvalue weighted by Crippen LogP contribution is 2.21. The van der Waals surface area contributed by atoms with Crippen LogP contribution in [0.1, 0.15) is 5.56 Å². The van der Waals surface area contributed by atoms with E-state index in [4.69, 9.17) is 9.15 Å². The van der Waals surface area contributed by atoms with Crippen molar-refractivity contribution in [3.63, 3.8) is 0 Å². The van der Waals surface area contributed by atoms with Gasteiger partial charge < -0.3 is 9.15 Å². The minimum atomic E-state index is -0.926. The quantitative estimate of drug-likeness (QED) is 0.691. The Labute approximate surface area is 118 Å². The molecule has 2 aromatic carbocycles. The number of ether oxygens (including phenoxy) is 1.